The van der Waals surface area contributed by atoms with Gasteiger partial charge in [0.1, 0.15) is 17.2 Å². The SMILES string of the molecule is COc1cc(C(=O)NNc2ccc(C(F)(F)F)cc2[N+](=O)[O-])cc(OC)c1C. The lowest BCUT2D eigenvalue weighted by atomic mass is 10.1. The Morgan fingerprint density at radius 3 is 2.14 bits per heavy atom. The van der Waals surface area contributed by atoms with E-state index < -0.39 is 28.3 Å². The molecule has 1 amide bonds. The standard InChI is InChI=1S/C17H16F3N3O5/c1-9-14(27-2)6-10(7-15(9)28-3)16(24)22-21-12-5-4-11(17(18,19)20)8-13(12)23(25)26/h4-8,21H,1-3H3,(H,22,24). The van der Waals surface area contributed by atoms with E-state index in [0.29, 0.717) is 29.2 Å². The monoisotopic (exact) mass is 399 g/mol. The molecule has 0 aromatic heterocycles. The van der Waals surface area contributed by atoms with E-state index in [0.717, 1.165) is 6.07 Å². The molecule has 0 radical (unpaired) electrons. The number of benzene rings is 2. The first-order valence-electron chi connectivity index (χ1n) is 7.73. The van der Waals surface area contributed by atoms with Crippen LogP contribution >= 0.6 is 0 Å². The Morgan fingerprint density at radius 1 is 1.11 bits per heavy atom. The summed E-state index contributed by atoms with van der Waals surface area (Å²) in [6.45, 7) is 1.73. The number of nitrogens with zero attached hydrogens (tertiary/aromatic N) is 1. The molecule has 150 valence electrons. The number of nitrogens with one attached hydrogen (secondary N) is 2. The van der Waals surface area contributed by atoms with Gasteiger partial charge in [-0.1, -0.05) is 0 Å². The molecule has 2 N–H and O–H groups in total. The Bertz CT molecular complexity index is 890. The Balaban J connectivity index is 2.27. The highest BCUT2D eigenvalue weighted by Gasteiger charge is 2.33. The van der Waals surface area contributed by atoms with E-state index in [1.165, 1.54) is 26.4 Å². The normalized spacial score (nSPS) is 10.9. The van der Waals surface area contributed by atoms with Crippen LogP contribution in [-0.4, -0.2) is 25.1 Å². The number of alkyl halides is 3. The van der Waals surface area contributed by atoms with Crippen molar-refractivity contribution in [1.82, 2.24) is 5.43 Å². The van der Waals surface area contributed by atoms with Crippen LogP contribution in [0.5, 0.6) is 11.5 Å². The highest BCUT2D eigenvalue weighted by Crippen LogP contribution is 2.35. The van der Waals surface area contributed by atoms with Gasteiger partial charge in [0.2, 0.25) is 0 Å². The second-order valence-corrected chi connectivity index (χ2v) is 5.57. The van der Waals surface area contributed by atoms with Gasteiger partial charge in [-0.05, 0) is 31.2 Å². The molecule has 0 heterocycles. The van der Waals surface area contributed by atoms with Crippen LogP contribution in [-0.2, 0) is 6.18 Å². The number of methoxy groups -OCH3 is 2. The number of nitro groups is 1. The maximum Gasteiger partial charge on any atom is 0.416 e. The topological polar surface area (TPSA) is 103 Å². The quantitative estimate of drug-likeness (QED) is 0.567. The fourth-order valence-corrected chi connectivity index (χ4v) is 2.38. The third-order valence-electron chi connectivity index (χ3n) is 3.85. The summed E-state index contributed by atoms with van der Waals surface area (Å²) in [5.74, 6) is 0.0563. The summed E-state index contributed by atoms with van der Waals surface area (Å²) < 4.78 is 48.5. The minimum Gasteiger partial charge on any atom is -0.496 e. The van der Waals surface area contributed by atoms with Crippen molar-refractivity contribution >= 4 is 17.3 Å². The molecular weight excluding hydrogens is 383 g/mol. The molecule has 0 spiro atoms. The number of nitro benzene ring substituents is 1. The Labute approximate surface area is 157 Å². The molecule has 0 unspecified atom stereocenters. The van der Waals surface area contributed by atoms with Crippen molar-refractivity contribution < 1.29 is 32.4 Å². The molecular formula is C17H16F3N3O5. The lowest BCUT2D eigenvalue weighted by Gasteiger charge is -2.14. The summed E-state index contributed by atoms with van der Waals surface area (Å²) >= 11 is 0. The van der Waals surface area contributed by atoms with Gasteiger partial charge in [0.15, 0.2) is 0 Å². The van der Waals surface area contributed by atoms with Crippen molar-refractivity contribution in [1.29, 1.82) is 0 Å². The summed E-state index contributed by atoms with van der Waals surface area (Å²) in [5.41, 5.74) is 2.92. The van der Waals surface area contributed by atoms with E-state index in [9.17, 15) is 28.1 Å². The van der Waals surface area contributed by atoms with E-state index in [1.54, 1.807) is 6.92 Å². The first kappa shape index (κ1) is 20.8. The molecule has 0 atom stereocenters. The van der Waals surface area contributed by atoms with Crippen LogP contribution in [0.15, 0.2) is 30.3 Å². The number of hydrazine groups is 1. The number of hydrogen-bond donors (Lipinski definition) is 2. The van der Waals surface area contributed by atoms with Crippen LogP contribution in [0.1, 0.15) is 21.5 Å². The first-order chi connectivity index (χ1) is 13.1. The number of carbonyl (C=O) groups is 1. The van der Waals surface area contributed by atoms with Crippen molar-refractivity contribution in [2.75, 3.05) is 19.6 Å². The maximum atomic E-state index is 12.7. The molecule has 0 aliphatic heterocycles. The maximum absolute atomic E-state index is 12.7. The third-order valence-corrected chi connectivity index (χ3v) is 3.85. The van der Waals surface area contributed by atoms with Gasteiger partial charge in [0, 0.05) is 17.2 Å². The molecule has 8 nitrogen and oxygen atoms in total. The van der Waals surface area contributed by atoms with E-state index in [2.05, 4.69) is 10.9 Å². The fraction of sp³-hybridized carbons (Fsp3) is 0.235. The van der Waals surface area contributed by atoms with Crippen molar-refractivity contribution in [2.45, 2.75) is 13.1 Å². The van der Waals surface area contributed by atoms with Crippen LogP contribution in [0, 0.1) is 17.0 Å². The highest BCUT2D eigenvalue weighted by atomic mass is 19.4. The highest BCUT2D eigenvalue weighted by molar-refractivity contribution is 5.96. The van der Waals surface area contributed by atoms with Gasteiger partial charge in [-0.2, -0.15) is 13.2 Å². The van der Waals surface area contributed by atoms with Gasteiger partial charge in [-0.15, -0.1) is 0 Å². The molecule has 2 aromatic carbocycles. The number of halogens is 3. The van der Waals surface area contributed by atoms with Gasteiger partial charge in [0.05, 0.1) is 24.7 Å². The van der Waals surface area contributed by atoms with E-state index in [1.807, 2.05) is 0 Å². The second-order valence-electron chi connectivity index (χ2n) is 5.57. The summed E-state index contributed by atoms with van der Waals surface area (Å²) in [7, 11) is 2.82. The number of hydrogen-bond acceptors (Lipinski definition) is 6. The zero-order chi connectivity index (χ0) is 21.1. The van der Waals surface area contributed by atoms with E-state index >= 15 is 0 Å². The number of amides is 1. The molecule has 2 rings (SSSR count). The van der Waals surface area contributed by atoms with Crippen molar-refractivity contribution in [3.63, 3.8) is 0 Å². The van der Waals surface area contributed by atoms with Crippen molar-refractivity contribution in [3.05, 3.63) is 57.1 Å². The number of anilines is 1. The Kier molecular flexibility index (Phi) is 5.96. The Hall–Kier alpha value is -3.50. The van der Waals surface area contributed by atoms with Crippen LogP contribution in [0.2, 0.25) is 0 Å². The van der Waals surface area contributed by atoms with Gasteiger partial charge >= 0.3 is 6.18 Å². The van der Waals surface area contributed by atoms with Gasteiger partial charge in [-0.3, -0.25) is 25.8 Å². The number of rotatable bonds is 6. The lowest BCUT2D eigenvalue weighted by Crippen LogP contribution is -2.29. The molecule has 28 heavy (non-hydrogen) atoms. The van der Waals surface area contributed by atoms with Crippen molar-refractivity contribution in [3.8, 4) is 11.5 Å². The molecule has 11 heteroatoms. The van der Waals surface area contributed by atoms with Gasteiger partial charge in [0.25, 0.3) is 11.6 Å². The average Bonchev–Trinajstić information content (AvgIpc) is 2.65. The molecule has 0 fully saturated rings. The second kappa shape index (κ2) is 8.03. The van der Waals surface area contributed by atoms with E-state index in [-0.39, 0.29) is 11.3 Å². The van der Waals surface area contributed by atoms with Gasteiger partial charge < -0.3 is 9.47 Å². The van der Waals surface area contributed by atoms with Gasteiger partial charge in [-0.25, -0.2) is 0 Å². The van der Waals surface area contributed by atoms with Crippen LogP contribution in [0.3, 0.4) is 0 Å². The van der Waals surface area contributed by atoms with Crippen LogP contribution in [0.4, 0.5) is 24.5 Å². The lowest BCUT2D eigenvalue weighted by molar-refractivity contribution is -0.384. The average molecular weight is 399 g/mol. The molecule has 2 aromatic rings. The predicted molar refractivity (Wildman–Crippen MR) is 93.5 cm³/mol. The summed E-state index contributed by atoms with van der Waals surface area (Å²) in [6, 6.07) is 4.76. The molecule has 0 saturated carbocycles. The molecule has 0 saturated heterocycles. The number of ether oxygens (including phenoxy) is 2. The van der Waals surface area contributed by atoms with Crippen LogP contribution < -0.4 is 20.3 Å². The third kappa shape index (κ3) is 4.42. The largest absolute Gasteiger partial charge is 0.496 e. The summed E-state index contributed by atoms with van der Waals surface area (Å²) in [4.78, 5) is 22.4. The molecule has 0 aliphatic carbocycles. The zero-order valence-electron chi connectivity index (χ0n) is 15.0. The molecule has 0 bridgehead atoms. The van der Waals surface area contributed by atoms with Crippen LogP contribution in [0.25, 0.3) is 0 Å². The molecule has 0 aliphatic rings. The summed E-state index contributed by atoms with van der Waals surface area (Å²) in [6.07, 6.45) is -4.73. The minimum atomic E-state index is -4.73. The number of carbonyl (C=O) groups excluding carboxylic acids is 1. The zero-order valence-corrected chi connectivity index (χ0v) is 15.0. The Morgan fingerprint density at radius 2 is 1.68 bits per heavy atom. The first-order valence-corrected chi connectivity index (χ1v) is 7.73. The van der Waals surface area contributed by atoms with E-state index in [4.69, 9.17) is 9.47 Å². The fourth-order valence-electron chi connectivity index (χ4n) is 2.38. The smallest absolute Gasteiger partial charge is 0.416 e. The minimum absolute atomic E-state index is 0.112. The predicted octanol–water partition coefficient (Wildman–Crippen LogP) is 3.70. The summed E-state index contributed by atoms with van der Waals surface area (Å²) in [5, 5.41) is 11.1. The van der Waals surface area contributed by atoms with Crippen molar-refractivity contribution in [2.24, 2.45) is 0 Å².